The van der Waals surface area contributed by atoms with Gasteiger partial charge in [-0.2, -0.15) is 5.10 Å². The fourth-order valence-corrected chi connectivity index (χ4v) is 1.42. The van der Waals surface area contributed by atoms with E-state index in [0.29, 0.717) is 11.6 Å². The molecular weight excluding hydrogens is 194 g/mol. The first-order valence-corrected chi connectivity index (χ1v) is 4.80. The fourth-order valence-electron chi connectivity index (χ4n) is 1.42. The van der Waals surface area contributed by atoms with Crippen molar-refractivity contribution in [3.8, 4) is 0 Å². The van der Waals surface area contributed by atoms with Gasteiger partial charge >= 0.3 is 0 Å². The first-order valence-electron chi connectivity index (χ1n) is 4.80. The number of nitrogens with one attached hydrogen (secondary N) is 1. The smallest absolute Gasteiger partial charge is 0.260 e. The summed E-state index contributed by atoms with van der Waals surface area (Å²) in [5.41, 5.74) is 6.07. The summed E-state index contributed by atoms with van der Waals surface area (Å²) in [6.07, 6.45) is 0. The molecular formula is C9H13N5O. The zero-order valence-corrected chi connectivity index (χ0v) is 8.69. The van der Waals surface area contributed by atoms with E-state index in [1.54, 1.807) is 0 Å². The molecule has 3 N–H and O–H groups in total. The lowest BCUT2D eigenvalue weighted by Gasteiger charge is -2.03. The maximum absolute atomic E-state index is 11.8. The molecule has 0 saturated carbocycles. The van der Waals surface area contributed by atoms with Gasteiger partial charge in [0.15, 0.2) is 5.82 Å². The van der Waals surface area contributed by atoms with Crippen LogP contribution >= 0.6 is 0 Å². The molecule has 2 rings (SSSR count). The molecule has 0 bridgehead atoms. The van der Waals surface area contributed by atoms with Crippen molar-refractivity contribution in [1.29, 1.82) is 0 Å². The number of hydrogen-bond acceptors (Lipinski definition) is 4. The third-order valence-corrected chi connectivity index (χ3v) is 2.26. The third-order valence-electron chi connectivity index (χ3n) is 2.26. The number of fused-ring (bicyclic) bond motifs is 1. The number of rotatable bonds is 2. The molecule has 15 heavy (non-hydrogen) atoms. The monoisotopic (exact) mass is 207 g/mol. The maximum Gasteiger partial charge on any atom is 0.260 e. The van der Waals surface area contributed by atoms with E-state index >= 15 is 0 Å². The van der Waals surface area contributed by atoms with Crippen LogP contribution in [-0.4, -0.2) is 19.6 Å². The fraction of sp³-hybridized carbons (Fsp3) is 0.444. The largest absolute Gasteiger partial charge is 0.324 e. The quantitative estimate of drug-likeness (QED) is 0.725. The molecule has 0 atom stereocenters. The van der Waals surface area contributed by atoms with Gasteiger partial charge in [0.2, 0.25) is 5.78 Å². The summed E-state index contributed by atoms with van der Waals surface area (Å²) < 4.78 is 1.39. The second kappa shape index (κ2) is 3.47. The Bertz CT molecular complexity index is 539. The Kier molecular flexibility index (Phi) is 2.28. The van der Waals surface area contributed by atoms with Gasteiger partial charge in [-0.25, -0.2) is 14.5 Å². The van der Waals surface area contributed by atoms with Crippen LogP contribution in [0.25, 0.3) is 5.78 Å². The second-order valence-electron chi connectivity index (χ2n) is 3.68. The third kappa shape index (κ3) is 1.52. The van der Waals surface area contributed by atoms with E-state index in [9.17, 15) is 4.79 Å². The van der Waals surface area contributed by atoms with Crippen LogP contribution in [0.1, 0.15) is 31.3 Å². The molecule has 0 amide bonds. The highest BCUT2D eigenvalue weighted by Gasteiger charge is 2.10. The zero-order valence-electron chi connectivity index (χ0n) is 8.69. The molecule has 0 saturated heterocycles. The molecule has 0 aliphatic carbocycles. The van der Waals surface area contributed by atoms with Crippen molar-refractivity contribution in [3.05, 3.63) is 27.9 Å². The predicted molar refractivity (Wildman–Crippen MR) is 55.6 cm³/mol. The van der Waals surface area contributed by atoms with E-state index in [1.165, 1.54) is 10.5 Å². The summed E-state index contributed by atoms with van der Waals surface area (Å²) >= 11 is 0. The molecule has 0 fully saturated rings. The molecule has 0 aliphatic rings. The van der Waals surface area contributed by atoms with E-state index in [1.807, 2.05) is 13.8 Å². The highest BCUT2D eigenvalue weighted by Crippen LogP contribution is 2.09. The molecule has 0 unspecified atom stereocenters. The van der Waals surface area contributed by atoms with Gasteiger partial charge in [0.05, 0.1) is 12.2 Å². The normalized spacial score (nSPS) is 11.5. The van der Waals surface area contributed by atoms with Crippen LogP contribution in [0.4, 0.5) is 0 Å². The molecule has 6 heteroatoms. The van der Waals surface area contributed by atoms with Crippen molar-refractivity contribution >= 4 is 5.78 Å². The lowest BCUT2D eigenvalue weighted by Crippen LogP contribution is -2.18. The van der Waals surface area contributed by atoms with Crippen molar-refractivity contribution in [1.82, 2.24) is 19.6 Å². The van der Waals surface area contributed by atoms with E-state index in [0.717, 1.165) is 5.69 Å². The Morgan fingerprint density at radius 1 is 1.60 bits per heavy atom. The topological polar surface area (TPSA) is 89.1 Å². The number of aromatic nitrogens is 4. The molecule has 2 heterocycles. The van der Waals surface area contributed by atoms with Crippen LogP contribution in [-0.2, 0) is 6.54 Å². The van der Waals surface area contributed by atoms with Crippen LogP contribution in [0.15, 0.2) is 10.9 Å². The molecule has 6 nitrogen and oxygen atoms in total. The van der Waals surface area contributed by atoms with Gasteiger partial charge in [0, 0.05) is 6.07 Å². The van der Waals surface area contributed by atoms with Crippen LogP contribution in [0.5, 0.6) is 0 Å². The molecule has 80 valence electrons. The minimum atomic E-state index is -0.141. The number of nitrogens with zero attached hydrogens (tertiary/aromatic N) is 3. The van der Waals surface area contributed by atoms with Gasteiger partial charge in [-0.3, -0.25) is 4.79 Å². The molecule has 0 radical (unpaired) electrons. The minimum absolute atomic E-state index is 0.141. The Hall–Kier alpha value is -1.69. The Balaban J connectivity index is 2.75. The zero-order chi connectivity index (χ0) is 11.0. The number of nitrogens with two attached hydrogens (primary N) is 1. The second-order valence-corrected chi connectivity index (χ2v) is 3.68. The average molecular weight is 207 g/mol. The highest BCUT2D eigenvalue weighted by molar-refractivity contribution is 5.29. The van der Waals surface area contributed by atoms with E-state index < -0.39 is 0 Å². The Morgan fingerprint density at radius 2 is 2.33 bits per heavy atom. The standard InChI is InChI=1S/C9H13N5O/c1-5(2)6-3-8(15)14-7(4-10)12-13-9(14)11-6/h3,5H,4,10H2,1-2H3,(H,11,13). The molecule has 0 spiro atoms. The summed E-state index contributed by atoms with van der Waals surface area (Å²) in [5, 5.41) is 6.62. The summed E-state index contributed by atoms with van der Waals surface area (Å²) in [4.78, 5) is 16.0. The van der Waals surface area contributed by atoms with Gasteiger partial charge in [-0.15, -0.1) is 0 Å². The van der Waals surface area contributed by atoms with Crippen molar-refractivity contribution < 1.29 is 0 Å². The highest BCUT2D eigenvalue weighted by atomic mass is 16.1. The molecule has 2 aromatic heterocycles. The van der Waals surface area contributed by atoms with Gasteiger partial charge < -0.3 is 5.73 Å². The SMILES string of the molecule is CC(C)c1cc(=O)n2c(CN)n[nH]c2n1. The van der Waals surface area contributed by atoms with E-state index in [2.05, 4.69) is 15.2 Å². The van der Waals surface area contributed by atoms with E-state index in [4.69, 9.17) is 5.73 Å². The van der Waals surface area contributed by atoms with Crippen LogP contribution in [0, 0.1) is 0 Å². The van der Waals surface area contributed by atoms with Gasteiger partial charge in [-0.05, 0) is 5.92 Å². The summed E-state index contributed by atoms with van der Waals surface area (Å²) in [6.45, 7) is 4.18. The number of aromatic amines is 1. The Labute approximate surface area is 86.1 Å². The summed E-state index contributed by atoms with van der Waals surface area (Å²) in [6, 6.07) is 1.52. The average Bonchev–Trinajstić information content (AvgIpc) is 2.60. The van der Waals surface area contributed by atoms with Gasteiger partial charge in [0.1, 0.15) is 0 Å². The van der Waals surface area contributed by atoms with Gasteiger partial charge in [0.25, 0.3) is 5.56 Å². The van der Waals surface area contributed by atoms with Crippen LogP contribution in [0.2, 0.25) is 0 Å². The maximum atomic E-state index is 11.8. The predicted octanol–water partition coefficient (Wildman–Crippen LogP) is -0.000300. The Morgan fingerprint density at radius 3 is 2.93 bits per heavy atom. The summed E-state index contributed by atoms with van der Waals surface area (Å²) in [5.74, 6) is 1.16. The first kappa shape index (κ1) is 9.85. The van der Waals surface area contributed by atoms with Crippen LogP contribution < -0.4 is 11.3 Å². The van der Waals surface area contributed by atoms with Crippen molar-refractivity contribution in [2.75, 3.05) is 0 Å². The van der Waals surface area contributed by atoms with Crippen molar-refractivity contribution in [2.45, 2.75) is 26.3 Å². The van der Waals surface area contributed by atoms with E-state index in [-0.39, 0.29) is 18.0 Å². The summed E-state index contributed by atoms with van der Waals surface area (Å²) in [7, 11) is 0. The minimum Gasteiger partial charge on any atom is -0.324 e. The van der Waals surface area contributed by atoms with Crippen LogP contribution in [0.3, 0.4) is 0 Å². The lowest BCUT2D eigenvalue weighted by atomic mass is 10.1. The number of hydrogen-bond donors (Lipinski definition) is 2. The van der Waals surface area contributed by atoms with Crippen molar-refractivity contribution in [3.63, 3.8) is 0 Å². The lowest BCUT2D eigenvalue weighted by molar-refractivity contribution is 0.802. The number of H-pyrrole nitrogens is 1. The van der Waals surface area contributed by atoms with Crippen molar-refractivity contribution in [2.24, 2.45) is 5.73 Å². The molecule has 2 aromatic rings. The first-order chi connectivity index (χ1) is 7.13. The molecule has 0 aliphatic heterocycles. The van der Waals surface area contributed by atoms with Gasteiger partial charge in [-0.1, -0.05) is 13.8 Å². The molecule has 0 aromatic carbocycles.